The third-order valence-corrected chi connectivity index (χ3v) is 0.715. The maximum atomic E-state index is 9.42. The topological polar surface area (TPSA) is 41.8 Å². The Morgan fingerprint density at radius 2 is 2.67 bits per heavy atom. The fraction of sp³-hybridized carbons (Fsp3) is 0.667. The standard InChI is InChI=1S/C3H4N2O/c6-5-3-1-2-4-3/h2-3H,1H2. The molecule has 0 spiro atoms. The second kappa shape index (κ2) is 1.16. The lowest BCUT2D eigenvalue weighted by molar-refractivity contribution is 0.693. The summed E-state index contributed by atoms with van der Waals surface area (Å²) >= 11 is 0. The van der Waals surface area contributed by atoms with Gasteiger partial charge in [0.1, 0.15) is 0 Å². The van der Waals surface area contributed by atoms with E-state index in [1.165, 1.54) is 0 Å². The van der Waals surface area contributed by atoms with Crippen LogP contribution in [0.4, 0.5) is 0 Å². The summed E-state index contributed by atoms with van der Waals surface area (Å²) in [6, 6.07) is 0. The molecule has 0 aromatic rings. The molecule has 1 rings (SSSR count). The van der Waals surface area contributed by atoms with Crippen molar-refractivity contribution in [1.29, 1.82) is 0 Å². The first-order valence-electron chi connectivity index (χ1n) is 1.77. The molecule has 1 aliphatic heterocycles. The molecule has 0 saturated carbocycles. The van der Waals surface area contributed by atoms with Crippen LogP contribution in [-0.4, -0.2) is 12.4 Å². The van der Waals surface area contributed by atoms with Crippen LogP contribution in [0, 0.1) is 4.91 Å². The molecule has 0 bridgehead atoms. The number of nitrogens with zero attached hydrogens (tertiary/aromatic N) is 2. The van der Waals surface area contributed by atoms with Crippen LogP contribution in [0.2, 0.25) is 0 Å². The van der Waals surface area contributed by atoms with E-state index in [2.05, 4.69) is 10.2 Å². The first-order valence-corrected chi connectivity index (χ1v) is 1.77. The zero-order valence-corrected chi connectivity index (χ0v) is 3.16. The van der Waals surface area contributed by atoms with Gasteiger partial charge in [-0.1, -0.05) is 0 Å². The summed E-state index contributed by atoms with van der Waals surface area (Å²) in [5.74, 6) is 0. The minimum Gasteiger partial charge on any atom is -0.266 e. The zero-order chi connectivity index (χ0) is 4.41. The maximum Gasteiger partial charge on any atom is 0.185 e. The molecule has 0 aromatic heterocycles. The van der Waals surface area contributed by atoms with Crippen LogP contribution >= 0.6 is 0 Å². The van der Waals surface area contributed by atoms with Gasteiger partial charge in [0.05, 0.1) is 0 Å². The summed E-state index contributed by atoms with van der Waals surface area (Å²) in [7, 11) is 0. The summed E-state index contributed by atoms with van der Waals surface area (Å²) in [5, 5.41) is 2.65. The number of nitroso groups, excluding NO2 is 1. The van der Waals surface area contributed by atoms with E-state index in [1.807, 2.05) is 0 Å². The SMILES string of the molecule is O=NC1CC=N1. The van der Waals surface area contributed by atoms with Gasteiger partial charge in [0.15, 0.2) is 6.17 Å². The van der Waals surface area contributed by atoms with Crippen LogP contribution in [-0.2, 0) is 0 Å². The second-order valence-corrected chi connectivity index (χ2v) is 1.15. The van der Waals surface area contributed by atoms with Crippen molar-refractivity contribution in [2.45, 2.75) is 12.6 Å². The predicted molar refractivity (Wildman–Crippen MR) is 22.7 cm³/mol. The van der Waals surface area contributed by atoms with Gasteiger partial charge >= 0.3 is 0 Å². The van der Waals surface area contributed by atoms with Crippen LogP contribution in [0.5, 0.6) is 0 Å². The van der Waals surface area contributed by atoms with E-state index < -0.39 is 0 Å². The Balaban J connectivity index is 2.39. The molecule has 0 amide bonds. The van der Waals surface area contributed by atoms with E-state index in [0.29, 0.717) is 0 Å². The van der Waals surface area contributed by atoms with Gasteiger partial charge in [0.25, 0.3) is 0 Å². The van der Waals surface area contributed by atoms with Gasteiger partial charge in [0.2, 0.25) is 0 Å². The van der Waals surface area contributed by atoms with Gasteiger partial charge in [-0.25, -0.2) is 0 Å². The van der Waals surface area contributed by atoms with E-state index in [1.54, 1.807) is 6.21 Å². The fourth-order valence-electron chi connectivity index (χ4n) is 0.270. The normalized spacial score (nSPS) is 29.0. The first kappa shape index (κ1) is 3.46. The van der Waals surface area contributed by atoms with Gasteiger partial charge < -0.3 is 0 Å². The third-order valence-electron chi connectivity index (χ3n) is 0.715. The molecule has 0 N–H and O–H groups in total. The summed E-state index contributed by atoms with van der Waals surface area (Å²) in [5.41, 5.74) is 0. The molecule has 6 heavy (non-hydrogen) atoms. The highest BCUT2D eigenvalue weighted by Crippen LogP contribution is 2.04. The molecule has 3 nitrogen and oxygen atoms in total. The smallest absolute Gasteiger partial charge is 0.185 e. The van der Waals surface area contributed by atoms with Gasteiger partial charge in [-0.3, -0.25) is 4.99 Å². The fourth-order valence-corrected chi connectivity index (χ4v) is 0.270. The second-order valence-electron chi connectivity index (χ2n) is 1.15. The Morgan fingerprint density at radius 3 is 2.67 bits per heavy atom. The van der Waals surface area contributed by atoms with Crippen molar-refractivity contribution in [3.63, 3.8) is 0 Å². The molecular formula is C3H4N2O. The molecule has 32 valence electrons. The van der Waals surface area contributed by atoms with Crippen molar-refractivity contribution >= 4 is 6.21 Å². The Kier molecular flexibility index (Phi) is 0.670. The van der Waals surface area contributed by atoms with Gasteiger partial charge in [0, 0.05) is 12.6 Å². The van der Waals surface area contributed by atoms with Crippen molar-refractivity contribution in [3.05, 3.63) is 4.91 Å². The molecule has 0 saturated heterocycles. The zero-order valence-electron chi connectivity index (χ0n) is 3.16. The van der Waals surface area contributed by atoms with Crippen molar-refractivity contribution in [3.8, 4) is 0 Å². The average molecular weight is 84.1 g/mol. The molecule has 0 radical (unpaired) electrons. The molecule has 1 heterocycles. The van der Waals surface area contributed by atoms with E-state index in [9.17, 15) is 4.91 Å². The van der Waals surface area contributed by atoms with Crippen molar-refractivity contribution in [2.24, 2.45) is 10.2 Å². The Morgan fingerprint density at radius 1 is 2.00 bits per heavy atom. The van der Waals surface area contributed by atoms with Crippen LogP contribution in [0.25, 0.3) is 0 Å². The lowest BCUT2D eigenvalue weighted by Crippen LogP contribution is -2.09. The molecule has 1 aliphatic rings. The highest BCUT2D eigenvalue weighted by Gasteiger charge is 2.08. The lowest BCUT2D eigenvalue weighted by Gasteiger charge is -2.04. The van der Waals surface area contributed by atoms with Gasteiger partial charge in [-0.15, -0.1) is 4.91 Å². The molecule has 0 aliphatic carbocycles. The lowest BCUT2D eigenvalue weighted by atomic mass is 10.3. The summed E-state index contributed by atoms with van der Waals surface area (Å²) in [6.07, 6.45) is 2.18. The van der Waals surface area contributed by atoms with E-state index in [-0.39, 0.29) is 6.17 Å². The van der Waals surface area contributed by atoms with Crippen molar-refractivity contribution in [2.75, 3.05) is 0 Å². The summed E-state index contributed by atoms with van der Waals surface area (Å²) in [4.78, 5) is 13.0. The predicted octanol–water partition coefficient (Wildman–Crippen LogP) is 0.553. The van der Waals surface area contributed by atoms with Crippen LogP contribution in [0.15, 0.2) is 10.2 Å². The molecule has 0 aromatic carbocycles. The quantitative estimate of drug-likeness (QED) is 0.428. The minimum absolute atomic E-state index is 0.245. The van der Waals surface area contributed by atoms with Crippen molar-refractivity contribution in [1.82, 2.24) is 0 Å². The van der Waals surface area contributed by atoms with Crippen molar-refractivity contribution < 1.29 is 0 Å². The van der Waals surface area contributed by atoms with Crippen LogP contribution < -0.4 is 0 Å². The molecule has 1 unspecified atom stereocenters. The van der Waals surface area contributed by atoms with Crippen LogP contribution in [0.3, 0.4) is 0 Å². The largest absolute Gasteiger partial charge is 0.266 e. The Bertz CT molecular complexity index is 88.8. The third kappa shape index (κ3) is 0.319. The first-order chi connectivity index (χ1) is 2.93. The van der Waals surface area contributed by atoms with E-state index in [0.717, 1.165) is 6.42 Å². The number of aliphatic imine (C=N–C) groups is 1. The molecular weight excluding hydrogens is 80.0 g/mol. The van der Waals surface area contributed by atoms with Gasteiger partial charge in [-0.2, -0.15) is 0 Å². The maximum absolute atomic E-state index is 9.42. The highest BCUT2D eigenvalue weighted by atomic mass is 16.3. The number of rotatable bonds is 1. The van der Waals surface area contributed by atoms with Gasteiger partial charge in [-0.05, 0) is 5.18 Å². The average Bonchev–Trinajstić information content (AvgIpc) is 1.31. The van der Waals surface area contributed by atoms with E-state index in [4.69, 9.17) is 0 Å². The van der Waals surface area contributed by atoms with Crippen LogP contribution in [0.1, 0.15) is 6.42 Å². The Hall–Kier alpha value is -0.730. The summed E-state index contributed by atoms with van der Waals surface area (Å²) in [6.45, 7) is 0. The minimum atomic E-state index is -0.245. The molecule has 0 fully saturated rings. The monoisotopic (exact) mass is 84.0 g/mol. The van der Waals surface area contributed by atoms with E-state index >= 15 is 0 Å². The molecule has 3 heteroatoms. The summed E-state index contributed by atoms with van der Waals surface area (Å²) < 4.78 is 0. The Labute approximate surface area is 35.1 Å². The number of hydrogen-bond donors (Lipinski definition) is 0. The number of hydrogen-bond acceptors (Lipinski definition) is 3. The molecule has 1 atom stereocenters. The highest BCUT2D eigenvalue weighted by molar-refractivity contribution is 5.63.